The van der Waals surface area contributed by atoms with Gasteiger partial charge in [-0.25, -0.2) is 4.98 Å². The van der Waals surface area contributed by atoms with Gasteiger partial charge < -0.3 is 0 Å². The second-order valence-electron chi connectivity index (χ2n) is 3.74. The molecule has 0 aliphatic rings. The lowest BCUT2D eigenvalue weighted by atomic mass is 10.1. The first-order valence-corrected chi connectivity index (χ1v) is 5.45. The van der Waals surface area contributed by atoms with E-state index in [-0.39, 0.29) is 11.3 Å². The number of rotatable bonds is 2. The van der Waals surface area contributed by atoms with Crippen LogP contribution in [-0.4, -0.2) is 20.5 Å². The maximum atomic E-state index is 12.4. The fourth-order valence-corrected chi connectivity index (χ4v) is 1.68. The highest BCUT2D eigenvalue weighted by Gasteiger charge is 2.33. The van der Waals surface area contributed by atoms with Crippen molar-refractivity contribution in [2.75, 3.05) is 0 Å². The molecule has 0 saturated carbocycles. The van der Waals surface area contributed by atoms with E-state index in [9.17, 15) is 18.0 Å². The quantitative estimate of drug-likeness (QED) is 0.631. The van der Waals surface area contributed by atoms with Crippen molar-refractivity contribution in [1.29, 1.82) is 0 Å². The van der Waals surface area contributed by atoms with Crippen LogP contribution in [-0.2, 0) is 13.2 Å². The van der Waals surface area contributed by atoms with Crippen LogP contribution < -0.4 is 0 Å². The van der Waals surface area contributed by atoms with E-state index >= 15 is 0 Å². The van der Waals surface area contributed by atoms with Gasteiger partial charge in [-0.05, 0) is 18.2 Å². The first-order valence-electron chi connectivity index (χ1n) is 5.07. The minimum atomic E-state index is -4.60. The summed E-state index contributed by atoms with van der Waals surface area (Å²) in [4.78, 5) is 15.1. The van der Waals surface area contributed by atoms with Crippen LogP contribution in [0.15, 0.2) is 24.4 Å². The molecule has 19 heavy (non-hydrogen) atoms. The smallest absolute Gasteiger partial charge is 0.287 e. The summed E-state index contributed by atoms with van der Waals surface area (Å²) in [5, 5.41) is 3.36. The average Bonchev–Trinajstić information content (AvgIpc) is 2.73. The van der Waals surface area contributed by atoms with E-state index in [0.717, 1.165) is 6.07 Å². The summed E-state index contributed by atoms with van der Waals surface area (Å²) in [5.41, 5.74) is -1.17. The van der Waals surface area contributed by atoms with Crippen molar-refractivity contribution in [3.63, 3.8) is 0 Å². The maximum absolute atomic E-state index is 12.4. The summed E-state index contributed by atoms with van der Waals surface area (Å²) in [6.07, 6.45) is -3.06. The molecule has 0 spiro atoms. The van der Waals surface area contributed by atoms with Crippen molar-refractivity contribution in [1.82, 2.24) is 14.8 Å². The molecule has 2 heterocycles. The molecule has 0 saturated heterocycles. The molecule has 0 aliphatic carbocycles. The molecule has 0 amide bonds. The molecule has 0 N–H and O–H groups in total. The Kier molecular flexibility index (Phi) is 3.32. The topological polar surface area (TPSA) is 47.8 Å². The van der Waals surface area contributed by atoms with Crippen molar-refractivity contribution in [3.05, 3.63) is 46.5 Å². The zero-order chi connectivity index (χ0) is 14.2. The van der Waals surface area contributed by atoms with Crippen LogP contribution in [0.25, 0.3) is 0 Å². The van der Waals surface area contributed by atoms with Crippen LogP contribution in [0.2, 0.25) is 5.15 Å². The van der Waals surface area contributed by atoms with E-state index in [4.69, 9.17) is 11.6 Å². The summed E-state index contributed by atoms with van der Waals surface area (Å²) in [6, 6.07) is 3.15. The highest BCUT2D eigenvalue weighted by atomic mass is 35.5. The fraction of sp³-hybridized carbons (Fsp3) is 0.182. The molecule has 0 bridgehead atoms. The van der Waals surface area contributed by atoms with Crippen LogP contribution in [0.4, 0.5) is 13.2 Å². The number of carbonyl (C=O) groups is 1. The lowest BCUT2D eigenvalue weighted by molar-refractivity contribution is -0.141. The molecule has 8 heteroatoms. The Morgan fingerprint density at radius 3 is 2.47 bits per heavy atom. The third-order valence-electron chi connectivity index (χ3n) is 2.33. The number of halogens is 4. The van der Waals surface area contributed by atoms with E-state index < -0.39 is 22.8 Å². The second kappa shape index (κ2) is 4.65. The standard InChI is InChI=1S/C11H7ClF3N3O/c1-18-5-4-7(17-18)9(19)6-2-3-8(11(13,14)15)16-10(6)12/h2-5H,1H3. The van der Waals surface area contributed by atoms with Crippen molar-refractivity contribution >= 4 is 17.4 Å². The van der Waals surface area contributed by atoms with E-state index in [1.54, 1.807) is 13.2 Å². The summed E-state index contributed by atoms with van der Waals surface area (Å²) in [7, 11) is 1.61. The van der Waals surface area contributed by atoms with Gasteiger partial charge >= 0.3 is 6.18 Å². The average molecular weight is 290 g/mol. The highest BCUT2D eigenvalue weighted by Crippen LogP contribution is 2.29. The fourth-order valence-electron chi connectivity index (χ4n) is 1.44. The second-order valence-corrected chi connectivity index (χ2v) is 4.09. The summed E-state index contributed by atoms with van der Waals surface area (Å²) < 4.78 is 38.6. The Hall–Kier alpha value is -1.89. The molecule has 0 unspecified atom stereocenters. The minimum absolute atomic E-state index is 0.0889. The zero-order valence-electron chi connectivity index (χ0n) is 9.57. The van der Waals surface area contributed by atoms with Crippen LogP contribution in [0.1, 0.15) is 21.7 Å². The van der Waals surface area contributed by atoms with Gasteiger partial charge in [0, 0.05) is 13.2 Å². The molecule has 4 nitrogen and oxygen atoms in total. The predicted octanol–water partition coefficient (Wildman–Crippen LogP) is 2.72. The number of aryl methyl sites for hydroxylation is 1. The van der Waals surface area contributed by atoms with E-state index in [1.165, 1.54) is 10.7 Å². The molecule has 2 aromatic rings. The van der Waals surface area contributed by atoms with E-state index in [2.05, 4.69) is 10.1 Å². The SMILES string of the molecule is Cn1ccc(C(=O)c2ccc(C(F)(F)F)nc2Cl)n1. The summed E-state index contributed by atoms with van der Waals surface area (Å²) >= 11 is 5.62. The zero-order valence-corrected chi connectivity index (χ0v) is 10.3. The Bertz CT molecular complexity index is 636. The Morgan fingerprint density at radius 2 is 2.00 bits per heavy atom. The van der Waals surface area contributed by atoms with Gasteiger partial charge in [-0.2, -0.15) is 18.3 Å². The Morgan fingerprint density at radius 1 is 1.32 bits per heavy atom. The van der Waals surface area contributed by atoms with Crippen molar-refractivity contribution in [2.45, 2.75) is 6.18 Å². The number of alkyl halides is 3. The minimum Gasteiger partial charge on any atom is -0.287 e. The molecule has 100 valence electrons. The van der Waals surface area contributed by atoms with Gasteiger partial charge in [-0.3, -0.25) is 9.48 Å². The number of hydrogen-bond acceptors (Lipinski definition) is 3. The van der Waals surface area contributed by atoms with Gasteiger partial charge in [0.15, 0.2) is 0 Å². The van der Waals surface area contributed by atoms with Gasteiger partial charge in [0.25, 0.3) is 0 Å². The molecule has 0 fully saturated rings. The molecule has 2 aromatic heterocycles. The first kappa shape index (κ1) is 13.5. The first-order chi connectivity index (χ1) is 8.79. The lowest BCUT2D eigenvalue weighted by Crippen LogP contribution is -2.11. The van der Waals surface area contributed by atoms with Gasteiger partial charge in [0.1, 0.15) is 16.5 Å². The van der Waals surface area contributed by atoms with Gasteiger partial charge in [0.05, 0.1) is 5.56 Å². The highest BCUT2D eigenvalue weighted by molar-refractivity contribution is 6.33. The van der Waals surface area contributed by atoms with Crippen LogP contribution >= 0.6 is 11.6 Å². The van der Waals surface area contributed by atoms with Gasteiger partial charge in [-0.15, -0.1) is 0 Å². The normalized spacial score (nSPS) is 11.6. The number of carbonyl (C=O) groups excluding carboxylic acids is 1. The van der Waals surface area contributed by atoms with Crippen molar-refractivity contribution < 1.29 is 18.0 Å². The van der Waals surface area contributed by atoms with E-state index in [0.29, 0.717) is 6.07 Å². The molecule has 0 atom stereocenters. The molecule has 0 radical (unpaired) electrons. The van der Waals surface area contributed by atoms with Crippen LogP contribution in [0, 0.1) is 0 Å². The Labute approximate surface area is 110 Å². The maximum Gasteiger partial charge on any atom is 0.433 e. The Balaban J connectivity index is 2.39. The van der Waals surface area contributed by atoms with Gasteiger partial charge in [-0.1, -0.05) is 11.6 Å². The summed E-state index contributed by atoms with van der Waals surface area (Å²) in [5.74, 6) is -0.577. The molecule has 0 aromatic carbocycles. The lowest BCUT2D eigenvalue weighted by Gasteiger charge is -2.07. The number of nitrogens with zero attached hydrogens (tertiary/aromatic N) is 3. The molecule has 0 aliphatic heterocycles. The van der Waals surface area contributed by atoms with Crippen LogP contribution in [0.3, 0.4) is 0 Å². The predicted molar refractivity (Wildman–Crippen MR) is 60.9 cm³/mol. The number of aromatic nitrogens is 3. The number of ketones is 1. The van der Waals surface area contributed by atoms with Crippen LogP contribution in [0.5, 0.6) is 0 Å². The number of pyridine rings is 1. The van der Waals surface area contributed by atoms with Crippen molar-refractivity contribution in [3.8, 4) is 0 Å². The van der Waals surface area contributed by atoms with Gasteiger partial charge in [0.2, 0.25) is 5.78 Å². The third kappa shape index (κ3) is 2.76. The molecular formula is C11H7ClF3N3O. The monoisotopic (exact) mass is 289 g/mol. The van der Waals surface area contributed by atoms with E-state index in [1.807, 2.05) is 0 Å². The number of hydrogen-bond donors (Lipinski definition) is 0. The van der Waals surface area contributed by atoms with Crippen molar-refractivity contribution in [2.24, 2.45) is 7.05 Å². The third-order valence-corrected chi connectivity index (χ3v) is 2.62. The summed E-state index contributed by atoms with van der Waals surface area (Å²) in [6.45, 7) is 0. The molecule has 2 rings (SSSR count). The molecular weight excluding hydrogens is 283 g/mol. The largest absolute Gasteiger partial charge is 0.433 e.